The first-order valence-electron chi connectivity index (χ1n) is 6.95. The normalized spacial score (nSPS) is 18.6. The van der Waals surface area contributed by atoms with Crippen LogP contribution in [-0.2, 0) is 13.0 Å². The third kappa shape index (κ3) is 3.47. The molecule has 2 rings (SSSR count). The Hall–Kier alpha value is -1.55. The van der Waals surface area contributed by atoms with E-state index in [0.717, 1.165) is 19.4 Å². The molecule has 0 aliphatic carbocycles. The predicted molar refractivity (Wildman–Crippen MR) is 74.8 cm³/mol. The second kappa shape index (κ2) is 6.57. The van der Waals surface area contributed by atoms with Gasteiger partial charge in [0.1, 0.15) is 0 Å². The average Bonchev–Trinajstić information content (AvgIpc) is 2.94. The van der Waals surface area contributed by atoms with Crippen LogP contribution in [0.4, 0.5) is 4.79 Å². The number of amides is 2. The Balaban J connectivity index is 1.87. The van der Waals surface area contributed by atoms with E-state index in [2.05, 4.69) is 24.4 Å². The number of aryl methyl sites for hydroxylation is 1. The molecule has 1 saturated heterocycles. The van der Waals surface area contributed by atoms with Crippen LogP contribution < -0.4 is 5.32 Å². The van der Waals surface area contributed by atoms with Crippen LogP contribution in [0.5, 0.6) is 0 Å². The summed E-state index contributed by atoms with van der Waals surface area (Å²) < 4.78 is 0. The summed E-state index contributed by atoms with van der Waals surface area (Å²) in [5.41, 5.74) is 2.45. The van der Waals surface area contributed by atoms with Gasteiger partial charge in [-0.2, -0.15) is 0 Å². The molecule has 0 bridgehead atoms. The molecule has 0 aromatic heterocycles. The van der Waals surface area contributed by atoms with E-state index in [4.69, 9.17) is 5.11 Å². The van der Waals surface area contributed by atoms with Gasteiger partial charge in [-0.3, -0.25) is 0 Å². The fourth-order valence-corrected chi connectivity index (χ4v) is 2.52. The van der Waals surface area contributed by atoms with E-state index in [-0.39, 0.29) is 18.6 Å². The highest BCUT2D eigenvalue weighted by Crippen LogP contribution is 2.15. The minimum atomic E-state index is -0.0261. The summed E-state index contributed by atoms with van der Waals surface area (Å²) in [6.07, 6.45) is 1.87. The molecular weight excluding hydrogens is 240 g/mol. The quantitative estimate of drug-likeness (QED) is 0.869. The maximum atomic E-state index is 12.0. The zero-order valence-electron chi connectivity index (χ0n) is 11.4. The summed E-state index contributed by atoms with van der Waals surface area (Å²) in [6.45, 7) is 4.27. The summed E-state index contributed by atoms with van der Waals surface area (Å²) in [6, 6.07) is 8.15. The molecule has 1 unspecified atom stereocenters. The molecule has 2 amide bonds. The molecule has 1 atom stereocenters. The fraction of sp³-hybridized carbons (Fsp3) is 0.533. The van der Waals surface area contributed by atoms with Gasteiger partial charge in [-0.05, 0) is 24.0 Å². The highest BCUT2D eigenvalue weighted by molar-refractivity contribution is 5.74. The van der Waals surface area contributed by atoms with Crippen LogP contribution in [0, 0.1) is 5.92 Å². The monoisotopic (exact) mass is 262 g/mol. The molecule has 1 fully saturated rings. The number of likely N-dealkylation sites (tertiary alicyclic amines) is 1. The van der Waals surface area contributed by atoms with Crippen molar-refractivity contribution in [2.45, 2.75) is 26.3 Å². The Morgan fingerprint density at radius 1 is 1.42 bits per heavy atom. The van der Waals surface area contributed by atoms with Gasteiger partial charge < -0.3 is 15.3 Å². The van der Waals surface area contributed by atoms with E-state index in [1.54, 1.807) is 4.90 Å². The van der Waals surface area contributed by atoms with Gasteiger partial charge in [0.15, 0.2) is 0 Å². The number of carbonyl (C=O) groups is 1. The molecule has 1 aromatic rings. The fourth-order valence-electron chi connectivity index (χ4n) is 2.52. The molecule has 4 nitrogen and oxygen atoms in total. The molecule has 0 saturated carbocycles. The van der Waals surface area contributed by atoms with Gasteiger partial charge >= 0.3 is 6.03 Å². The SMILES string of the molecule is CCc1ccccc1CNC(=O)N1CCC(CO)C1. The molecule has 1 heterocycles. The van der Waals surface area contributed by atoms with Crippen molar-refractivity contribution in [1.82, 2.24) is 10.2 Å². The Morgan fingerprint density at radius 3 is 2.79 bits per heavy atom. The number of urea groups is 1. The van der Waals surface area contributed by atoms with Crippen LogP contribution in [0.2, 0.25) is 0 Å². The molecule has 1 aromatic carbocycles. The van der Waals surface area contributed by atoms with E-state index in [0.29, 0.717) is 13.1 Å². The smallest absolute Gasteiger partial charge is 0.317 e. The zero-order chi connectivity index (χ0) is 13.7. The lowest BCUT2D eigenvalue weighted by Crippen LogP contribution is -2.38. The van der Waals surface area contributed by atoms with Crippen LogP contribution in [0.3, 0.4) is 0 Å². The van der Waals surface area contributed by atoms with Crippen LogP contribution in [0.25, 0.3) is 0 Å². The number of aliphatic hydroxyl groups excluding tert-OH is 1. The lowest BCUT2D eigenvalue weighted by atomic mass is 10.1. The summed E-state index contributed by atoms with van der Waals surface area (Å²) in [5, 5.41) is 12.0. The van der Waals surface area contributed by atoms with E-state index < -0.39 is 0 Å². The third-order valence-electron chi connectivity index (χ3n) is 3.76. The summed E-state index contributed by atoms with van der Waals surface area (Å²) in [7, 11) is 0. The minimum Gasteiger partial charge on any atom is -0.396 e. The van der Waals surface area contributed by atoms with Gasteiger partial charge in [-0.1, -0.05) is 31.2 Å². The third-order valence-corrected chi connectivity index (χ3v) is 3.76. The standard InChI is InChI=1S/C15H22N2O2/c1-2-13-5-3-4-6-14(13)9-16-15(19)17-8-7-12(10-17)11-18/h3-6,12,18H,2,7-11H2,1H3,(H,16,19). The van der Waals surface area contributed by atoms with Crippen LogP contribution in [0.15, 0.2) is 24.3 Å². The molecular formula is C15H22N2O2. The van der Waals surface area contributed by atoms with Crippen LogP contribution in [-0.4, -0.2) is 35.7 Å². The number of benzene rings is 1. The number of aliphatic hydroxyl groups is 1. The number of hydrogen-bond acceptors (Lipinski definition) is 2. The Morgan fingerprint density at radius 2 is 2.16 bits per heavy atom. The molecule has 0 radical (unpaired) electrons. The molecule has 19 heavy (non-hydrogen) atoms. The van der Waals surface area contributed by atoms with Crippen molar-refractivity contribution in [2.24, 2.45) is 5.92 Å². The Bertz CT molecular complexity index is 434. The lowest BCUT2D eigenvalue weighted by Gasteiger charge is -2.17. The highest BCUT2D eigenvalue weighted by atomic mass is 16.3. The second-order valence-corrected chi connectivity index (χ2v) is 5.06. The zero-order valence-corrected chi connectivity index (χ0v) is 11.4. The predicted octanol–water partition coefficient (Wildman–Crippen LogP) is 1.77. The van der Waals surface area contributed by atoms with Crippen molar-refractivity contribution >= 4 is 6.03 Å². The minimum absolute atomic E-state index is 0.0261. The van der Waals surface area contributed by atoms with Gasteiger partial charge in [0, 0.05) is 32.2 Å². The molecule has 4 heteroatoms. The van der Waals surface area contributed by atoms with Crippen molar-refractivity contribution in [3.8, 4) is 0 Å². The maximum absolute atomic E-state index is 12.0. The molecule has 1 aliphatic heterocycles. The highest BCUT2D eigenvalue weighted by Gasteiger charge is 2.25. The van der Waals surface area contributed by atoms with Gasteiger partial charge in [-0.15, -0.1) is 0 Å². The first kappa shape index (κ1) is 13.9. The van der Waals surface area contributed by atoms with E-state index in [9.17, 15) is 4.79 Å². The number of hydrogen-bond donors (Lipinski definition) is 2. The molecule has 1 aliphatic rings. The molecule has 104 valence electrons. The van der Waals surface area contributed by atoms with Crippen molar-refractivity contribution < 1.29 is 9.90 Å². The number of rotatable bonds is 4. The topological polar surface area (TPSA) is 52.6 Å². The number of nitrogens with zero attached hydrogens (tertiary/aromatic N) is 1. The summed E-state index contributed by atoms with van der Waals surface area (Å²) >= 11 is 0. The first-order valence-corrected chi connectivity index (χ1v) is 6.95. The molecule has 0 spiro atoms. The first-order chi connectivity index (χ1) is 9.24. The second-order valence-electron chi connectivity index (χ2n) is 5.06. The van der Waals surface area contributed by atoms with E-state index >= 15 is 0 Å². The van der Waals surface area contributed by atoms with Gasteiger partial charge in [-0.25, -0.2) is 4.79 Å². The van der Waals surface area contributed by atoms with E-state index in [1.165, 1.54) is 11.1 Å². The van der Waals surface area contributed by atoms with Gasteiger partial charge in [0.05, 0.1) is 0 Å². The van der Waals surface area contributed by atoms with Crippen molar-refractivity contribution in [1.29, 1.82) is 0 Å². The average molecular weight is 262 g/mol. The van der Waals surface area contributed by atoms with Crippen LogP contribution in [0.1, 0.15) is 24.5 Å². The summed E-state index contributed by atoms with van der Waals surface area (Å²) in [4.78, 5) is 13.8. The van der Waals surface area contributed by atoms with Gasteiger partial charge in [0.25, 0.3) is 0 Å². The lowest BCUT2D eigenvalue weighted by molar-refractivity contribution is 0.198. The van der Waals surface area contributed by atoms with Crippen LogP contribution >= 0.6 is 0 Å². The van der Waals surface area contributed by atoms with Gasteiger partial charge in [0.2, 0.25) is 0 Å². The maximum Gasteiger partial charge on any atom is 0.317 e. The number of carbonyl (C=O) groups excluding carboxylic acids is 1. The summed E-state index contributed by atoms with van der Waals surface area (Å²) in [5.74, 6) is 0.244. The van der Waals surface area contributed by atoms with Crippen molar-refractivity contribution in [3.63, 3.8) is 0 Å². The molecule has 2 N–H and O–H groups in total. The Labute approximate surface area is 114 Å². The van der Waals surface area contributed by atoms with Crippen molar-refractivity contribution in [2.75, 3.05) is 19.7 Å². The largest absolute Gasteiger partial charge is 0.396 e. The Kier molecular flexibility index (Phi) is 4.80. The van der Waals surface area contributed by atoms with Crippen molar-refractivity contribution in [3.05, 3.63) is 35.4 Å². The van der Waals surface area contributed by atoms with E-state index in [1.807, 2.05) is 12.1 Å². The number of nitrogens with one attached hydrogen (secondary N) is 1.